The second-order valence-corrected chi connectivity index (χ2v) is 6.21. The number of hydrogen-bond acceptors (Lipinski definition) is 4. The fourth-order valence-electron chi connectivity index (χ4n) is 2.20. The zero-order valence-electron chi connectivity index (χ0n) is 11.4. The Labute approximate surface area is 114 Å². The first-order chi connectivity index (χ1) is 8.72. The van der Waals surface area contributed by atoms with Crippen molar-refractivity contribution in [2.24, 2.45) is 11.7 Å². The molecular weight excluding hydrogens is 244 g/mol. The Kier molecular flexibility index (Phi) is 5.06. The minimum atomic E-state index is 0.249. The van der Waals surface area contributed by atoms with Crippen LogP contribution in [-0.4, -0.2) is 26.6 Å². The monoisotopic (exact) mass is 268 g/mol. The zero-order valence-corrected chi connectivity index (χ0v) is 12.2. The lowest BCUT2D eigenvalue weighted by atomic mass is 10.0. The summed E-state index contributed by atoms with van der Waals surface area (Å²) >= 11 is 1.77. The molecule has 0 radical (unpaired) electrons. The fraction of sp³-hybridized carbons (Fsp3) is 0.846. The molecule has 1 aliphatic rings. The van der Waals surface area contributed by atoms with Crippen molar-refractivity contribution in [3.05, 3.63) is 5.82 Å². The van der Waals surface area contributed by atoms with Gasteiger partial charge in [-0.05, 0) is 18.8 Å². The minimum absolute atomic E-state index is 0.249. The van der Waals surface area contributed by atoms with Crippen LogP contribution in [0.25, 0.3) is 0 Å². The standard InChI is InChI=1S/C13H24N4S/c1-3-10(2)11(14)9-18-13-16-15-12-7-5-4-6-8-17(12)13/h10-11H,3-9,14H2,1-2H3. The van der Waals surface area contributed by atoms with Gasteiger partial charge >= 0.3 is 0 Å². The first kappa shape index (κ1) is 13.9. The van der Waals surface area contributed by atoms with Gasteiger partial charge in [0, 0.05) is 24.8 Å². The van der Waals surface area contributed by atoms with Gasteiger partial charge in [0.15, 0.2) is 5.16 Å². The average molecular weight is 268 g/mol. The number of aryl methyl sites for hydroxylation is 1. The van der Waals surface area contributed by atoms with Crippen molar-refractivity contribution in [3.8, 4) is 0 Å². The van der Waals surface area contributed by atoms with Crippen LogP contribution in [0, 0.1) is 5.92 Å². The maximum absolute atomic E-state index is 6.17. The molecule has 2 unspecified atom stereocenters. The van der Waals surface area contributed by atoms with E-state index >= 15 is 0 Å². The predicted octanol–water partition coefficient (Wildman–Crippen LogP) is 2.47. The van der Waals surface area contributed by atoms with E-state index in [4.69, 9.17) is 5.73 Å². The smallest absolute Gasteiger partial charge is 0.191 e. The van der Waals surface area contributed by atoms with Gasteiger partial charge in [0.2, 0.25) is 0 Å². The molecule has 18 heavy (non-hydrogen) atoms. The average Bonchev–Trinajstić information content (AvgIpc) is 2.62. The Morgan fingerprint density at radius 2 is 2.17 bits per heavy atom. The molecule has 0 saturated heterocycles. The molecule has 1 aromatic heterocycles. The molecule has 1 aromatic rings. The van der Waals surface area contributed by atoms with E-state index in [1.807, 2.05) is 0 Å². The van der Waals surface area contributed by atoms with E-state index in [2.05, 4.69) is 28.6 Å². The van der Waals surface area contributed by atoms with Gasteiger partial charge in [-0.15, -0.1) is 10.2 Å². The van der Waals surface area contributed by atoms with Crippen molar-refractivity contribution < 1.29 is 0 Å². The van der Waals surface area contributed by atoms with Crippen LogP contribution in [0.3, 0.4) is 0 Å². The molecule has 2 N–H and O–H groups in total. The lowest BCUT2D eigenvalue weighted by Gasteiger charge is -2.17. The second-order valence-electron chi connectivity index (χ2n) is 5.22. The van der Waals surface area contributed by atoms with Crippen LogP contribution in [0.2, 0.25) is 0 Å². The quantitative estimate of drug-likeness (QED) is 0.834. The van der Waals surface area contributed by atoms with Gasteiger partial charge in [-0.2, -0.15) is 0 Å². The number of nitrogens with two attached hydrogens (primary N) is 1. The molecule has 0 saturated carbocycles. The summed E-state index contributed by atoms with van der Waals surface area (Å²) in [6.45, 7) is 5.48. The zero-order chi connectivity index (χ0) is 13.0. The molecule has 0 amide bonds. The number of hydrogen-bond donors (Lipinski definition) is 1. The molecule has 0 spiro atoms. The fourth-order valence-corrected chi connectivity index (χ4v) is 3.32. The van der Waals surface area contributed by atoms with E-state index in [9.17, 15) is 0 Å². The van der Waals surface area contributed by atoms with Crippen molar-refractivity contribution in [1.29, 1.82) is 0 Å². The maximum atomic E-state index is 6.17. The highest BCUT2D eigenvalue weighted by Crippen LogP contribution is 2.23. The molecule has 102 valence electrons. The first-order valence-corrected chi connectivity index (χ1v) is 8.01. The third-order valence-corrected chi connectivity index (χ3v) is 4.97. The number of fused-ring (bicyclic) bond motifs is 1. The van der Waals surface area contributed by atoms with Crippen molar-refractivity contribution in [2.75, 3.05) is 5.75 Å². The van der Waals surface area contributed by atoms with Gasteiger partial charge in [0.1, 0.15) is 5.82 Å². The lowest BCUT2D eigenvalue weighted by molar-refractivity contribution is 0.474. The Morgan fingerprint density at radius 1 is 1.33 bits per heavy atom. The summed E-state index contributed by atoms with van der Waals surface area (Å²) in [5.74, 6) is 2.67. The van der Waals surface area contributed by atoms with Gasteiger partial charge in [-0.1, -0.05) is 38.5 Å². The minimum Gasteiger partial charge on any atom is -0.327 e. The second kappa shape index (κ2) is 6.57. The van der Waals surface area contributed by atoms with E-state index in [1.54, 1.807) is 11.8 Å². The molecule has 0 bridgehead atoms. The van der Waals surface area contributed by atoms with Gasteiger partial charge in [-0.3, -0.25) is 0 Å². The Hall–Kier alpha value is -0.550. The molecule has 0 aliphatic carbocycles. The molecule has 1 aliphatic heterocycles. The molecule has 4 nitrogen and oxygen atoms in total. The van der Waals surface area contributed by atoms with E-state index in [0.717, 1.165) is 36.1 Å². The lowest BCUT2D eigenvalue weighted by Crippen LogP contribution is -2.30. The summed E-state index contributed by atoms with van der Waals surface area (Å²) in [5, 5.41) is 9.69. The van der Waals surface area contributed by atoms with Gasteiger partial charge < -0.3 is 10.3 Å². The summed E-state index contributed by atoms with van der Waals surface area (Å²) in [4.78, 5) is 0. The highest BCUT2D eigenvalue weighted by atomic mass is 32.2. The molecule has 0 aromatic carbocycles. The van der Waals surface area contributed by atoms with Crippen molar-refractivity contribution >= 4 is 11.8 Å². The van der Waals surface area contributed by atoms with Crippen molar-refractivity contribution in [2.45, 2.75) is 63.7 Å². The van der Waals surface area contributed by atoms with Crippen LogP contribution >= 0.6 is 11.8 Å². The summed E-state index contributed by atoms with van der Waals surface area (Å²) in [6.07, 6.45) is 6.01. The molecule has 5 heteroatoms. The van der Waals surface area contributed by atoms with Crippen LogP contribution in [0.5, 0.6) is 0 Å². The van der Waals surface area contributed by atoms with Gasteiger partial charge in [0.05, 0.1) is 0 Å². The largest absolute Gasteiger partial charge is 0.327 e. The van der Waals surface area contributed by atoms with Crippen molar-refractivity contribution in [3.63, 3.8) is 0 Å². The Morgan fingerprint density at radius 3 is 2.94 bits per heavy atom. The van der Waals surface area contributed by atoms with E-state index in [1.165, 1.54) is 19.3 Å². The molecular formula is C13H24N4S. The van der Waals surface area contributed by atoms with Crippen LogP contribution in [0.15, 0.2) is 5.16 Å². The molecule has 2 atom stereocenters. The SMILES string of the molecule is CCC(C)C(N)CSc1nnc2n1CCCCC2. The maximum Gasteiger partial charge on any atom is 0.191 e. The van der Waals surface area contributed by atoms with Gasteiger partial charge in [-0.25, -0.2) is 0 Å². The van der Waals surface area contributed by atoms with Crippen LogP contribution < -0.4 is 5.73 Å². The number of aromatic nitrogens is 3. The Balaban J connectivity index is 1.95. The predicted molar refractivity (Wildman–Crippen MR) is 75.7 cm³/mol. The van der Waals surface area contributed by atoms with E-state index < -0.39 is 0 Å². The first-order valence-electron chi connectivity index (χ1n) is 7.02. The summed E-state index contributed by atoms with van der Waals surface area (Å²) in [5.41, 5.74) is 6.17. The number of rotatable bonds is 5. The van der Waals surface area contributed by atoms with Crippen LogP contribution in [0.4, 0.5) is 0 Å². The highest BCUT2D eigenvalue weighted by molar-refractivity contribution is 7.99. The number of nitrogens with zero attached hydrogens (tertiary/aromatic N) is 3. The van der Waals surface area contributed by atoms with E-state index in [-0.39, 0.29) is 6.04 Å². The highest BCUT2D eigenvalue weighted by Gasteiger charge is 2.17. The van der Waals surface area contributed by atoms with Gasteiger partial charge in [0.25, 0.3) is 0 Å². The third kappa shape index (κ3) is 3.26. The van der Waals surface area contributed by atoms with E-state index in [0.29, 0.717) is 5.92 Å². The molecule has 0 fully saturated rings. The number of thioether (sulfide) groups is 1. The van der Waals surface area contributed by atoms with Crippen molar-refractivity contribution in [1.82, 2.24) is 14.8 Å². The van der Waals surface area contributed by atoms with Crippen LogP contribution in [-0.2, 0) is 13.0 Å². The summed E-state index contributed by atoms with van der Waals surface area (Å²) in [6, 6.07) is 0.249. The Bertz CT molecular complexity index is 377. The van der Waals surface area contributed by atoms with Crippen LogP contribution in [0.1, 0.15) is 45.4 Å². The molecule has 2 rings (SSSR count). The third-order valence-electron chi connectivity index (χ3n) is 3.86. The summed E-state index contributed by atoms with van der Waals surface area (Å²) < 4.78 is 2.29. The topological polar surface area (TPSA) is 56.7 Å². The normalized spacial score (nSPS) is 19.1. The summed E-state index contributed by atoms with van der Waals surface area (Å²) in [7, 11) is 0. The molecule has 2 heterocycles.